The Hall–Kier alpha value is -2.64. The number of hydrogen-bond acceptors (Lipinski definition) is 5. The first-order valence-electron chi connectivity index (χ1n) is 8.50. The molecular formula is C20H22N2O4S. The first-order chi connectivity index (χ1) is 12.9. The Kier molecular flexibility index (Phi) is 5.62. The number of fused-ring (bicyclic) bond motifs is 1. The molecule has 0 atom stereocenters. The van der Waals surface area contributed by atoms with Crippen molar-refractivity contribution in [3.05, 3.63) is 60.3 Å². The van der Waals surface area contributed by atoms with Crippen LogP contribution in [0, 0.1) is 6.92 Å². The number of hydrogen-bond donors (Lipinski definition) is 0. The fraction of sp³-hybridized carbons (Fsp3) is 0.250. The Bertz CT molecular complexity index is 1030. The van der Waals surface area contributed by atoms with Gasteiger partial charge >= 0.3 is 0 Å². The molecule has 1 aromatic heterocycles. The van der Waals surface area contributed by atoms with Crippen LogP contribution < -0.4 is 9.47 Å². The summed E-state index contributed by atoms with van der Waals surface area (Å²) in [6, 6.07) is 14.3. The SMILES string of the molecule is COc1ccc(OCCN(C)S(=O)(=O)c2cccc3cc(C)cnc23)cc1. The van der Waals surface area contributed by atoms with Crippen LogP contribution >= 0.6 is 0 Å². The van der Waals surface area contributed by atoms with Crippen molar-refractivity contribution in [2.24, 2.45) is 0 Å². The minimum absolute atomic E-state index is 0.201. The van der Waals surface area contributed by atoms with E-state index in [9.17, 15) is 8.42 Å². The van der Waals surface area contributed by atoms with E-state index in [1.165, 1.54) is 4.31 Å². The average molecular weight is 386 g/mol. The second-order valence-electron chi connectivity index (χ2n) is 6.19. The highest BCUT2D eigenvalue weighted by Gasteiger charge is 2.23. The number of benzene rings is 2. The first-order valence-corrected chi connectivity index (χ1v) is 9.94. The van der Waals surface area contributed by atoms with Gasteiger partial charge in [0, 0.05) is 25.2 Å². The van der Waals surface area contributed by atoms with E-state index in [1.54, 1.807) is 56.8 Å². The van der Waals surface area contributed by atoms with E-state index in [1.807, 2.05) is 19.1 Å². The van der Waals surface area contributed by atoms with Crippen LogP contribution in [-0.4, -0.2) is 45.0 Å². The standard InChI is InChI=1S/C20H22N2O4S/c1-15-13-16-5-4-6-19(20(16)21-14-15)27(23,24)22(2)11-12-26-18-9-7-17(25-3)8-10-18/h4-10,13-14H,11-12H2,1-3H3. The molecule has 1 heterocycles. The Morgan fingerprint density at radius 1 is 1.07 bits per heavy atom. The third kappa shape index (κ3) is 4.20. The molecule has 0 saturated heterocycles. The Balaban J connectivity index is 1.72. The molecule has 0 spiro atoms. The molecule has 0 radical (unpaired) electrons. The fourth-order valence-electron chi connectivity index (χ4n) is 2.70. The molecule has 6 nitrogen and oxygen atoms in total. The largest absolute Gasteiger partial charge is 0.497 e. The minimum Gasteiger partial charge on any atom is -0.497 e. The maximum Gasteiger partial charge on any atom is 0.245 e. The molecule has 27 heavy (non-hydrogen) atoms. The highest BCUT2D eigenvalue weighted by molar-refractivity contribution is 7.89. The summed E-state index contributed by atoms with van der Waals surface area (Å²) < 4.78 is 38.0. The minimum atomic E-state index is -3.67. The number of rotatable bonds is 7. The van der Waals surface area contributed by atoms with Gasteiger partial charge in [0.2, 0.25) is 10.0 Å². The molecule has 3 rings (SSSR count). The smallest absolute Gasteiger partial charge is 0.245 e. The van der Waals surface area contributed by atoms with Crippen LogP contribution in [0.3, 0.4) is 0 Å². The topological polar surface area (TPSA) is 68.7 Å². The lowest BCUT2D eigenvalue weighted by atomic mass is 10.2. The maximum atomic E-state index is 13.0. The molecule has 0 amide bonds. The van der Waals surface area contributed by atoms with Crippen molar-refractivity contribution >= 4 is 20.9 Å². The summed E-state index contributed by atoms with van der Waals surface area (Å²) >= 11 is 0. The number of para-hydroxylation sites is 1. The predicted molar refractivity (Wildman–Crippen MR) is 105 cm³/mol. The number of likely N-dealkylation sites (N-methyl/N-ethyl adjacent to an activating group) is 1. The van der Waals surface area contributed by atoms with Gasteiger partial charge in [0.25, 0.3) is 0 Å². The quantitative estimate of drug-likeness (QED) is 0.623. The molecular weight excluding hydrogens is 364 g/mol. The van der Waals surface area contributed by atoms with Crippen molar-refractivity contribution in [3.63, 3.8) is 0 Å². The van der Waals surface area contributed by atoms with Crippen molar-refractivity contribution in [2.75, 3.05) is 27.3 Å². The van der Waals surface area contributed by atoms with Crippen molar-refractivity contribution in [3.8, 4) is 11.5 Å². The number of nitrogens with zero attached hydrogens (tertiary/aromatic N) is 2. The van der Waals surface area contributed by atoms with E-state index < -0.39 is 10.0 Å². The average Bonchev–Trinajstić information content (AvgIpc) is 2.67. The highest BCUT2D eigenvalue weighted by Crippen LogP contribution is 2.24. The first kappa shape index (κ1) is 19.1. The molecule has 0 aliphatic heterocycles. The summed E-state index contributed by atoms with van der Waals surface area (Å²) in [6.07, 6.45) is 1.67. The second kappa shape index (κ2) is 7.94. The van der Waals surface area contributed by atoms with E-state index in [0.29, 0.717) is 11.3 Å². The van der Waals surface area contributed by atoms with Crippen molar-refractivity contribution < 1.29 is 17.9 Å². The molecule has 0 unspecified atom stereocenters. The number of pyridine rings is 1. The Morgan fingerprint density at radius 3 is 2.48 bits per heavy atom. The van der Waals surface area contributed by atoms with Crippen LogP contribution in [0.1, 0.15) is 5.56 Å². The van der Waals surface area contributed by atoms with E-state index in [0.717, 1.165) is 16.7 Å². The fourth-order valence-corrected chi connectivity index (χ4v) is 4.02. The van der Waals surface area contributed by atoms with Gasteiger partial charge in [-0.2, -0.15) is 4.31 Å². The molecule has 3 aromatic rings. The van der Waals surface area contributed by atoms with E-state index in [2.05, 4.69) is 4.98 Å². The maximum absolute atomic E-state index is 13.0. The molecule has 0 fully saturated rings. The van der Waals surface area contributed by atoms with Gasteiger partial charge in [-0.15, -0.1) is 0 Å². The highest BCUT2D eigenvalue weighted by atomic mass is 32.2. The van der Waals surface area contributed by atoms with Crippen LogP contribution in [-0.2, 0) is 10.0 Å². The summed E-state index contributed by atoms with van der Waals surface area (Å²) in [5, 5.41) is 0.805. The van der Waals surface area contributed by atoms with Crippen molar-refractivity contribution in [1.29, 1.82) is 0 Å². The van der Waals surface area contributed by atoms with Crippen LogP contribution in [0.4, 0.5) is 0 Å². The molecule has 0 aliphatic carbocycles. The Labute approximate surface area is 159 Å². The Morgan fingerprint density at radius 2 is 1.78 bits per heavy atom. The monoisotopic (exact) mass is 386 g/mol. The molecule has 142 valence electrons. The van der Waals surface area contributed by atoms with Gasteiger partial charge in [0.1, 0.15) is 23.0 Å². The number of sulfonamides is 1. The number of methoxy groups -OCH3 is 1. The van der Waals surface area contributed by atoms with Gasteiger partial charge < -0.3 is 9.47 Å². The third-order valence-corrected chi connectivity index (χ3v) is 6.12. The lowest BCUT2D eigenvalue weighted by Crippen LogP contribution is -2.31. The zero-order valence-electron chi connectivity index (χ0n) is 15.5. The zero-order chi connectivity index (χ0) is 19.4. The van der Waals surface area contributed by atoms with Crippen LogP contribution in [0.25, 0.3) is 10.9 Å². The molecule has 0 N–H and O–H groups in total. The van der Waals surface area contributed by atoms with Gasteiger partial charge in [-0.1, -0.05) is 12.1 Å². The second-order valence-corrected chi connectivity index (χ2v) is 8.20. The van der Waals surface area contributed by atoms with Gasteiger partial charge in [-0.3, -0.25) is 4.98 Å². The summed E-state index contributed by atoms with van der Waals surface area (Å²) in [4.78, 5) is 4.53. The van der Waals surface area contributed by atoms with Gasteiger partial charge in [0.15, 0.2) is 0 Å². The lowest BCUT2D eigenvalue weighted by molar-refractivity contribution is 0.286. The molecule has 0 bridgehead atoms. The van der Waals surface area contributed by atoms with Crippen LogP contribution in [0.15, 0.2) is 59.6 Å². The zero-order valence-corrected chi connectivity index (χ0v) is 16.4. The summed E-state index contributed by atoms with van der Waals surface area (Å²) in [5.41, 5.74) is 1.46. The van der Waals surface area contributed by atoms with Gasteiger partial charge in [-0.05, 0) is 48.9 Å². The molecule has 2 aromatic carbocycles. The summed E-state index contributed by atoms with van der Waals surface area (Å²) in [5.74, 6) is 1.39. The lowest BCUT2D eigenvalue weighted by Gasteiger charge is -2.18. The van der Waals surface area contributed by atoms with Crippen LogP contribution in [0.5, 0.6) is 11.5 Å². The summed E-state index contributed by atoms with van der Waals surface area (Å²) in [6.45, 7) is 2.38. The van der Waals surface area contributed by atoms with E-state index in [-0.39, 0.29) is 18.0 Å². The van der Waals surface area contributed by atoms with E-state index in [4.69, 9.17) is 9.47 Å². The van der Waals surface area contributed by atoms with Crippen LogP contribution in [0.2, 0.25) is 0 Å². The third-order valence-electron chi connectivity index (χ3n) is 4.23. The summed E-state index contributed by atoms with van der Waals surface area (Å²) in [7, 11) is -0.535. The van der Waals surface area contributed by atoms with Crippen molar-refractivity contribution in [1.82, 2.24) is 9.29 Å². The van der Waals surface area contributed by atoms with Gasteiger partial charge in [-0.25, -0.2) is 8.42 Å². The number of aromatic nitrogens is 1. The molecule has 0 saturated carbocycles. The van der Waals surface area contributed by atoms with Crippen molar-refractivity contribution in [2.45, 2.75) is 11.8 Å². The van der Waals surface area contributed by atoms with E-state index >= 15 is 0 Å². The number of aryl methyl sites for hydroxylation is 1. The molecule has 7 heteroatoms. The van der Waals surface area contributed by atoms with Gasteiger partial charge in [0.05, 0.1) is 12.6 Å². The molecule has 0 aliphatic rings. The normalized spacial score (nSPS) is 11.7. The predicted octanol–water partition coefficient (Wildman–Crippen LogP) is 3.25. The number of ether oxygens (including phenoxy) is 2.